The van der Waals surface area contributed by atoms with E-state index in [9.17, 15) is 176 Å². The van der Waals surface area contributed by atoms with E-state index in [4.69, 9.17) is 71.1 Å². The van der Waals surface area contributed by atoms with E-state index in [-0.39, 0.29) is 0 Å². The summed E-state index contributed by atoms with van der Waals surface area (Å²) in [6, 6.07) is -11.5. The van der Waals surface area contributed by atoms with Crippen molar-refractivity contribution in [2.75, 3.05) is 52.9 Å². The lowest BCUT2D eigenvalue weighted by Crippen LogP contribution is -2.71. The van der Waals surface area contributed by atoms with Gasteiger partial charge >= 0.3 is 17.9 Å². The molecular formula is C69H112N6O50. The first-order valence-electron chi connectivity index (χ1n) is 39.0. The Balaban J connectivity index is 1.14. The molecule has 0 saturated carbocycles. The molecule has 1 unspecified atom stereocenters. The largest absolute Gasteiger partial charge is 0.477 e. The molecule has 0 radical (unpaired) electrons. The Hall–Kier alpha value is -6.29. The number of rotatable bonds is 37. The molecule has 32 N–H and O–H groups in total. The average Bonchev–Trinajstić information content (AvgIpc) is 0.770. The predicted molar refractivity (Wildman–Crippen MR) is 386 cm³/mol. The third kappa shape index (κ3) is 23.7. The van der Waals surface area contributed by atoms with Gasteiger partial charge in [0.15, 0.2) is 31.5 Å². The predicted octanol–water partition coefficient (Wildman–Crippen LogP) is -20.0. The number of amides is 6. The average molecular weight is 1830 g/mol. The van der Waals surface area contributed by atoms with Gasteiger partial charge in [0.25, 0.3) is 17.4 Å². The molecule has 8 rings (SSSR count). The van der Waals surface area contributed by atoms with Crippen molar-refractivity contribution >= 4 is 53.4 Å². The van der Waals surface area contributed by atoms with E-state index >= 15 is 0 Å². The molecule has 8 fully saturated rings. The molecule has 56 nitrogen and oxygen atoms in total. The zero-order chi connectivity index (χ0) is 93.4. The first-order chi connectivity index (χ1) is 58.5. The number of hydrogen-bond donors (Lipinski definition) is 32. The quantitative estimate of drug-likeness (QED) is 0.0275. The van der Waals surface area contributed by atoms with Crippen molar-refractivity contribution in [1.82, 2.24) is 31.9 Å². The normalized spacial score (nSPS) is 42.7. The fourth-order valence-corrected chi connectivity index (χ4v) is 15.7. The van der Waals surface area contributed by atoms with Crippen molar-refractivity contribution in [1.29, 1.82) is 0 Å². The second-order valence-corrected chi connectivity index (χ2v) is 31.2. The molecule has 0 aromatic carbocycles. The fourth-order valence-electron chi connectivity index (χ4n) is 15.7. The van der Waals surface area contributed by atoms with Gasteiger partial charge in [0.1, 0.15) is 177 Å². The Labute approximate surface area is 706 Å². The third-order valence-electron chi connectivity index (χ3n) is 22.0. The minimum Gasteiger partial charge on any atom is -0.477 e. The van der Waals surface area contributed by atoms with Gasteiger partial charge in [-0.2, -0.15) is 0 Å². The summed E-state index contributed by atoms with van der Waals surface area (Å²) < 4.78 is 88.1. The van der Waals surface area contributed by atoms with Crippen LogP contribution in [0.3, 0.4) is 0 Å². The Morgan fingerprint density at radius 1 is 0.320 bits per heavy atom. The lowest BCUT2D eigenvalue weighted by molar-refractivity contribution is -0.386. The van der Waals surface area contributed by atoms with Crippen LogP contribution in [0.15, 0.2) is 0 Å². The maximum atomic E-state index is 13.5. The molecule has 6 amide bonds. The number of ether oxygens (including phenoxy) is 15. The number of nitrogens with one attached hydrogen (secondary N) is 6. The number of hydrogen-bond acceptors (Lipinski definition) is 47. The summed E-state index contributed by atoms with van der Waals surface area (Å²) in [6.45, 7) is -4.90. The molecule has 0 aromatic heterocycles. The molecule has 43 atom stereocenters. The van der Waals surface area contributed by atoms with Gasteiger partial charge in [0.2, 0.25) is 35.4 Å². The maximum Gasteiger partial charge on any atom is 0.364 e. The number of aliphatic hydroxyl groups is 23. The molecule has 8 saturated heterocycles. The Kier molecular flexibility index (Phi) is 36.7. The Bertz CT molecular complexity index is 3610. The summed E-state index contributed by atoms with van der Waals surface area (Å²) in [5.41, 5.74) is 0. The van der Waals surface area contributed by atoms with E-state index in [1.165, 1.54) is 0 Å². The lowest BCUT2D eigenvalue weighted by Gasteiger charge is -2.51. The number of carbonyl (C=O) groups excluding carboxylic acids is 6. The van der Waals surface area contributed by atoms with Gasteiger partial charge in [-0.3, -0.25) is 28.8 Å². The molecule has 718 valence electrons. The summed E-state index contributed by atoms with van der Waals surface area (Å²) in [6.07, 6.45) is -81.6. The Morgan fingerprint density at radius 3 is 0.984 bits per heavy atom. The molecule has 8 aliphatic rings. The number of aliphatic carboxylic acids is 3. The topological polar surface area (TPSA) is 890 Å². The monoisotopic (exact) mass is 1820 g/mol. The van der Waals surface area contributed by atoms with Crippen LogP contribution in [0, 0.1) is 0 Å². The fraction of sp³-hybridized carbons (Fsp3) is 0.870. The summed E-state index contributed by atoms with van der Waals surface area (Å²) in [5.74, 6) is -21.8. The number of aliphatic hydroxyl groups excluding tert-OH is 23. The van der Waals surface area contributed by atoms with Crippen LogP contribution in [-0.4, -0.2) is 501 Å². The van der Waals surface area contributed by atoms with Crippen LogP contribution >= 0.6 is 0 Å². The van der Waals surface area contributed by atoms with E-state index in [0.717, 1.165) is 41.5 Å². The van der Waals surface area contributed by atoms with Crippen LogP contribution in [0.5, 0.6) is 0 Å². The second-order valence-electron chi connectivity index (χ2n) is 31.2. The zero-order valence-electron chi connectivity index (χ0n) is 67.3. The van der Waals surface area contributed by atoms with Crippen LogP contribution in [0.1, 0.15) is 60.8 Å². The summed E-state index contributed by atoms with van der Waals surface area (Å²) in [5, 5.41) is 303. The van der Waals surface area contributed by atoms with E-state index in [1.807, 2.05) is 0 Å². The molecule has 0 bridgehead atoms. The van der Waals surface area contributed by atoms with Crippen LogP contribution in [-0.2, 0) is 114 Å². The molecule has 0 aromatic rings. The Morgan fingerprint density at radius 2 is 0.608 bits per heavy atom. The summed E-state index contributed by atoms with van der Waals surface area (Å²) in [7, 11) is 0. The number of carboxylic acids is 3. The second kappa shape index (κ2) is 44.1. The summed E-state index contributed by atoms with van der Waals surface area (Å²) in [4.78, 5) is 116. The highest BCUT2D eigenvalue weighted by Crippen LogP contribution is 2.42. The minimum atomic E-state index is -3.32. The van der Waals surface area contributed by atoms with Gasteiger partial charge in [-0.15, -0.1) is 0 Å². The van der Waals surface area contributed by atoms with Gasteiger partial charge in [-0.05, 0) is 0 Å². The molecule has 0 spiro atoms. The van der Waals surface area contributed by atoms with Crippen molar-refractivity contribution in [3.8, 4) is 0 Å². The minimum absolute atomic E-state index is 0.824. The van der Waals surface area contributed by atoms with Crippen molar-refractivity contribution in [2.45, 2.75) is 323 Å². The summed E-state index contributed by atoms with van der Waals surface area (Å²) >= 11 is 0. The molecule has 0 aliphatic carbocycles. The van der Waals surface area contributed by atoms with Gasteiger partial charge < -0.3 is 236 Å². The van der Waals surface area contributed by atoms with Crippen LogP contribution < -0.4 is 31.9 Å². The first kappa shape index (κ1) is 104. The van der Waals surface area contributed by atoms with Gasteiger partial charge in [0.05, 0.1) is 89.3 Å². The molecule has 8 aliphatic heterocycles. The van der Waals surface area contributed by atoms with Gasteiger partial charge in [0, 0.05) is 60.8 Å². The van der Waals surface area contributed by atoms with Gasteiger partial charge in [-0.25, -0.2) is 14.4 Å². The van der Waals surface area contributed by atoms with E-state index in [0.29, 0.717) is 0 Å². The smallest absolute Gasteiger partial charge is 0.364 e. The van der Waals surface area contributed by atoms with E-state index in [2.05, 4.69) is 31.9 Å². The highest BCUT2D eigenvalue weighted by Gasteiger charge is 2.64. The van der Waals surface area contributed by atoms with E-state index < -0.39 is 388 Å². The SMILES string of the molecule is CC(=O)N[C@H]1[C@H](O[C@H]2[C@@H](O)[C@@H](CO[C@]3(C(=O)O)C[C@H](O)[C@@H](NC(C)=O)[C@H]([C@H](O)[C@H](O)CO)O3)OC(O)[C@@H]2NC(C)=O)O[C@H](CO)[C@@H](O[C@@H]2O[C@H](CO[C@]3(C(=O)O)C[C@H](O)[C@@H](NC(C)=O)[C@H]([C@H](O)[C@H](O)CO)O3)[C@H](O)[C@H](O[C@@H]3O[C@H](CO)[C@@H](O)[C@H](O[C@@H]4O[C@H](CO[C@]5(C(=O)O)C[C@H](O)[C@@H](NC(C)=O)[C@H]([C@H](O)[C@H](O)CO)O5)[C@H](O)[C@H](O)[C@H]4O)[C@H]3NC(C)=O)[C@H]2O)[C@@H]1O. The van der Waals surface area contributed by atoms with E-state index in [1.54, 1.807) is 0 Å². The van der Waals surface area contributed by atoms with Crippen molar-refractivity contribution in [3.05, 3.63) is 0 Å². The van der Waals surface area contributed by atoms with Crippen molar-refractivity contribution < 1.29 is 247 Å². The molecule has 125 heavy (non-hydrogen) atoms. The standard InChI is InChI=1S/C69H112N6O50/c1-18(81)70-35-24(87)7-67(64(105)106,123-55(35)41(93)27(90)10-76)111-15-32-44(96)49(101)50(102)62(117-32)121-54-40(75-23(6)86)61(115-30(13-79)45(54)97)122-58-47(99)34(17-113-69(66(109)110)9-26(89)37(72-20(3)83)57(125-69)43(95)29(92)12-78)118-63(51(58)103)119-52-31(14-80)116-60(38(48(52)100)73-21(4)84)120-53-39(74-22(5)85)59(104)114-33(46(53)98)16-112-68(65(107)108)8-25(88)36(71-19(2)82)56(124-68)42(94)28(91)11-77/h24-63,76-80,87-104H,7-17H2,1-6H3,(H,70,81)(H,71,82)(H,72,83)(H,73,84)(H,74,85)(H,75,86)(H,105,106)(H,107,108)(H,109,110)/t24-,25-,26-,27+,28+,29+,30+,31+,32+,33+,34+,35+,36+,37+,38+,39+,40+,41+,42+,43+,44-,45+,46-,47-,48+,49-,50+,51+,52+,53+,54+,55+,56+,57+,58-,59?,60-,61-,62-,63-,67+,68+,69+/m0/s1. The highest BCUT2D eigenvalue weighted by molar-refractivity contribution is 5.79. The first-order valence-corrected chi connectivity index (χ1v) is 39.0. The van der Waals surface area contributed by atoms with Crippen LogP contribution in [0.4, 0.5) is 0 Å². The van der Waals surface area contributed by atoms with Crippen molar-refractivity contribution in [2.24, 2.45) is 0 Å². The zero-order valence-corrected chi connectivity index (χ0v) is 67.3. The van der Waals surface area contributed by atoms with Crippen molar-refractivity contribution in [3.63, 3.8) is 0 Å². The lowest BCUT2D eigenvalue weighted by atomic mass is 9.88. The van der Waals surface area contributed by atoms with Crippen LogP contribution in [0.2, 0.25) is 0 Å². The van der Waals surface area contributed by atoms with Crippen LogP contribution in [0.25, 0.3) is 0 Å². The highest BCUT2D eigenvalue weighted by atomic mass is 16.8. The molecule has 8 heterocycles. The maximum absolute atomic E-state index is 13.5. The number of carboxylic acid groups (broad SMARTS) is 3. The third-order valence-corrected chi connectivity index (χ3v) is 22.0. The molecule has 56 heteroatoms. The van der Waals surface area contributed by atoms with Gasteiger partial charge in [-0.1, -0.05) is 0 Å². The molecular weight excluding hydrogens is 1710 g/mol. The number of carbonyl (C=O) groups is 9.